The average molecular weight is 283 g/mol. The highest BCUT2D eigenvalue weighted by molar-refractivity contribution is 6.29. The monoisotopic (exact) mass is 282 g/mol. The van der Waals surface area contributed by atoms with Crippen LogP contribution in [0.1, 0.15) is 32.6 Å². The van der Waals surface area contributed by atoms with Gasteiger partial charge in [-0.1, -0.05) is 24.4 Å². The molecule has 1 fully saturated rings. The molecule has 1 aromatic rings. The van der Waals surface area contributed by atoms with E-state index in [4.69, 9.17) is 16.3 Å². The van der Waals surface area contributed by atoms with Gasteiger partial charge in [-0.3, -0.25) is 4.79 Å². The van der Waals surface area contributed by atoms with E-state index in [-0.39, 0.29) is 11.4 Å². The summed E-state index contributed by atoms with van der Waals surface area (Å²) in [5.74, 6) is -0.0832. The molecule has 0 saturated heterocycles. The van der Waals surface area contributed by atoms with Crippen molar-refractivity contribution in [3.05, 3.63) is 23.5 Å². The Hall–Kier alpha value is -1.29. The highest BCUT2D eigenvalue weighted by atomic mass is 35.5. The van der Waals surface area contributed by atoms with Crippen molar-refractivity contribution in [2.24, 2.45) is 5.41 Å². The SMILES string of the molecule is CCOC(=O)C1(CNc2ccnc(Cl)c2)CCCC1. The first-order valence-corrected chi connectivity index (χ1v) is 7.07. The molecule has 1 aliphatic rings. The maximum atomic E-state index is 12.2. The van der Waals surface area contributed by atoms with Crippen molar-refractivity contribution in [3.8, 4) is 0 Å². The maximum absolute atomic E-state index is 12.2. The maximum Gasteiger partial charge on any atom is 0.313 e. The number of nitrogens with zero attached hydrogens (tertiary/aromatic N) is 1. The number of anilines is 1. The second kappa shape index (κ2) is 6.24. The molecule has 0 aromatic carbocycles. The summed E-state index contributed by atoms with van der Waals surface area (Å²) in [5.41, 5.74) is 0.502. The van der Waals surface area contributed by atoms with Crippen LogP contribution in [0.5, 0.6) is 0 Å². The van der Waals surface area contributed by atoms with Crippen LogP contribution >= 0.6 is 11.6 Å². The van der Waals surface area contributed by atoms with Gasteiger partial charge in [0.25, 0.3) is 0 Å². The highest BCUT2D eigenvalue weighted by Crippen LogP contribution is 2.39. The third-order valence-corrected chi connectivity index (χ3v) is 3.83. The molecule has 0 spiro atoms. The van der Waals surface area contributed by atoms with Crippen LogP contribution in [-0.4, -0.2) is 24.1 Å². The molecule has 0 unspecified atom stereocenters. The van der Waals surface area contributed by atoms with Crippen LogP contribution in [0, 0.1) is 5.41 Å². The van der Waals surface area contributed by atoms with Gasteiger partial charge in [0.2, 0.25) is 0 Å². The lowest BCUT2D eigenvalue weighted by Crippen LogP contribution is -2.37. The van der Waals surface area contributed by atoms with Crippen LogP contribution in [0.2, 0.25) is 5.15 Å². The zero-order chi connectivity index (χ0) is 13.7. The lowest BCUT2D eigenvalue weighted by atomic mass is 9.86. The summed E-state index contributed by atoms with van der Waals surface area (Å²) in [6.45, 7) is 2.87. The second-order valence-corrected chi connectivity index (χ2v) is 5.32. The van der Waals surface area contributed by atoms with Crippen molar-refractivity contribution < 1.29 is 9.53 Å². The molecule has 0 radical (unpaired) electrons. The molecule has 0 aliphatic heterocycles. The van der Waals surface area contributed by atoms with Crippen LogP contribution in [-0.2, 0) is 9.53 Å². The largest absolute Gasteiger partial charge is 0.466 e. The predicted octanol–water partition coefficient (Wildman–Crippen LogP) is 3.27. The summed E-state index contributed by atoms with van der Waals surface area (Å²) in [5, 5.41) is 3.73. The predicted molar refractivity (Wildman–Crippen MR) is 75.3 cm³/mol. The molecule has 104 valence electrons. The summed E-state index contributed by atoms with van der Waals surface area (Å²) < 4.78 is 5.22. The van der Waals surface area contributed by atoms with Gasteiger partial charge in [-0.25, -0.2) is 4.98 Å². The van der Waals surface area contributed by atoms with Crippen molar-refractivity contribution in [1.29, 1.82) is 0 Å². The first-order valence-electron chi connectivity index (χ1n) is 6.69. The molecule has 1 aromatic heterocycles. The van der Waals surface area contributed by atoms with E-state index in [1.807, 2.05) is 13.0 Å². The Morgan fingerprint density at radius 2 is 2.26 bits per heavy atom. The van der Waals surface area contributed by atoms with Crippen LogP contribution in [0.4, 0.5) is 5.69 Å². The van der Waals surface area contributed by atoms with E-state index in [0.717, 1.165) is 31.4 Å². The fourth-order valence-corrected chi connectivity index (χ4v) is 2.75. The molecular formula is C14H19ClN2O2. The molecule has 1 aliphatic carbocycles. The summed E-state index contributed by atoms with van der Waals surface area (Å²) in [6.07, 6.45) is 5.58. The minimum atomic E-state index is -0.383. The van der Waals surface area contributed by atoms with Crippen molar-refractivity contribution in [2.75, 3.05) is 18.5 Å². The molecule has 1 N–H and O–H groups in total. The van der Waals surface area contributed by atoms with Gasteiger partial charge in [0.05, 0.1) is 12.0 Å². The fraction of sp³-hybridized carbons (Fsp3) is 0.571. The molecule has 0 atom stereocenters. The van der Waals surface area contributed by atoms with Crippen LogP contribution in [0.3, 0.4) is 0 Å². The standard InChI is InChI=1S/C14H19ClN2O2/c1-2-19-13(18)14(6-3-4-7-14)10-17-11-5-8-16-12(15)9-11/h5,8-9H,2-4,6-7,10H2,1H3,(H,16,17). The van der Waals surface area contributed by atoms with Gasteiger partial charge in [-0.05, 0) is 31.9 Å². The first kappa shape index (κ1) is 14.1. The number of ether oxygens (including phenoxy) is 1. The number of esters is 1. The topological polar surface area (TPSA) is 51.2 Å². The summed E-state index contributed by atoms with van der Waals surface area (Å²) in [7, 11) is 0. The Balaban J connectivity index is 2.03. The highest BCUT2D eigenvalue weighted by Gasteiger charge is 2.42. The molecule has 19 heavy (non-hydrogen) atoms. The van der Waals surface area contributed by atoms with E-state index < -0.39 is 0 Å². The third-order valence-electron chi connectivity index (χ3n) is 3.63. The number of carbonyl (C=O) groups is 1. The number of pyridine rings is 1. The average Bonchev–Trinajstić information content (AvgIpc) is 2.87. The van der Waals surface area contributed by atoms with Crippen molar-refractivity contribution in [2.45, 2.75) is 32.6 Å². The van der Waals surface area contributed by atoms with Gasteiger partial charge in [-0.15, -0.1) is 0 Å². The Morgan fingerprint density at radius 1 is 1.53 bits per heavy atom. The zero-order valence-electron chi connectivity index (χ0n) is 11.1. The van der Waals surface area contributed by atoms with Crippen LogP contribution in [0.15, 0.2) is 18.3 Å². The van der Waals surface area contributed by atoms with Gasteiger partial charge in [0.1, 0.15) is 5.15 Å². The molecule has 4 nitrogen and oxygen atoms in total. The number of carbonyl (C=O) groups excluding carboxylic acids is 1. The second-order valence-electron chi connectivity index (χ2n) is 4.93. The van der Waals surface area contributed by atoms with E-state index >= 15 is 0 Å². The van der Waals surface area contributed by atoms with Gasteiger partial charge >= 0.3 is 5.97 Å². The van der Waals surface area contributed by atoms with Crippen LogP contribution < -0.4 is 5.32 Å². The van der Waals surface area contributed by atoms with E-state index in [2.05, 4.69) is 10.3 Å². The number of rotatable bonds is 5. The lowest BCUT2D eigenvalue weighted by Gasteiger charge is -2.27. The molecular weight excluding hydrogens is 264 g/mol. The number of hydrogen-bond donors (Lipinski definition) is 1. The van der Waals surface area contributed by atoms with E-state index in [0.29, 0.717) is 18.3 Å². The van der Waals surface area contributed by atoms with Gasteiger partial charge in [0.15, 0.2) is 0 Å². The zero-order valence-corrected chi connectivity index (χ0v) is 11.9. The smallest absolute Gasteiger partial charge is 0.313 e. The minimum absolute atomic E-state index is 0.0832. The lowest BCUT2D eigenvalue weighted by molar-refractivity contribution is -0.154. The molecule has 5 heteroatoms. The molecule has 0 bridgehead atoms. The van der Waals surface area contributed by atoms with Crippen molar-refractivity contribution in [3.63, 3.8) is 0 Å². The number of halogens is 1. The molecule has 1 heterocycles. The summed E-state index contributed by atoms with van der Waals surface area (Å²) in [4.78, 5) is 16.1. The normalized spacial score (nSPS) is 17.2. The van der Waals surface area contributed by atoms with E-state index in [1.165, 1.54) is 0 Å². The van der Waals surface area contributed by atoms with E-state index in [9.17, 15) is 4.79 Å². The minimum Gasteiger partial charge on any atom is -0.466 e. The number of hydrogen-bond acceptors (Lipinski definition) is 4. The van der Waals surface area contributed by atoms with Gasteiger partial charge in [-0.2, -0.15) is 0 Å². The third kappa shape index (κ3) is 3.38. The fourth-order valence-electron chi connectivity index (χ4n) is 2.57. The van der Waals surface area contributed by atoms with Gasteiger partial charge in [0, 0.05) is 18.4 Å². The molecule has 0 amide bonds. The number of nitrogens with one attached hydrogen (secondary N) is 1. The Labute approximate surface area is 118 Å². The van der Waals surface area contributed by atoms with Gasteiger partial charge < -0.3 is 10.1 Å². The molecule has 1 saturated carbocycles. The number of aromatic nitrogens is 1. The van der Waals surface area contributed by atoms with Crippen molar-refractivity contribution in [1.82, 2.24) is 4.98 Å². The van der Waals surface area contributed by atoms with Crippen LogP contribution in [0.25, 0.3) is 0 Å². The quantitative estimate of drug-likeness (QED) is 0.665. The summed E-state index contributed by atoms with van der Waals surface area (Å²) >= 11 is 5.84. The molecule has 2 rings (SSSR count). The van der Waals surface area contributed by atoms with E-state index in [1.54, 1.807) is 12.3 Å². The summed E-state index contributed by atoms with van der Waals surface area (Å²) in [6, 6.07) is 3.61. The Morgan fingerprint density at radius 3 is 2.89 bits per heavy atom. The van der Waals surface area contributed by atoms with Crippen molar-refractivity contribution >= 4 is 23.3 Å². The Kier molecular flexibility index (Phi) is 4.64. The first-order chi connectivity index (χ1) is 9.16. The Bertz CT molecular complexity index is 445.